The van der Waals surface area contributed by atoms with Crippen LogP contribution in [0.4, 0.5) is 0 Å². The molecule has 4 nitrogen and oxygen atoms in total. The first-order valence-electron chi connectivity index (χ1n) is 5.70. The Labute approximate surface area is 110 Å². The lowest BCUT2D eigenvalue weighted by molar-refractivity contribution is 0.178. The van der Waals surface area contributed by atoms with Gasteiger partial charge in [0.05, 0.1) is 7.11 Å². The van der Waals surface area contributed by atoms with E-state index in [0.717, 1.165) is 10.4 Å². The van der Waals surface area contributed by atoms with Gasteiger partial charge in [0.1, 0.15) is 6.10 Å². The first kappa shape index (κ1) is 13.0. The molecule has 0 aliphatic heterocycles. The summed E-state index contributed by atoms with van der Waals surface area (Å²) in [6, 6.07) is 7.68. The number of thiophene rings is 1. The Hall–Kier alpha value is -1.43. The topological polar surface area (TPSA) is 54.4 Å². The zero-order valence-electron chi connectivity index (χ0n) is 10.2. The quantitative estimate of drug-likeness (QED) is 0.837. The van der Waals surface area contributed by atoms with Crippen LogP contribution >= 0.6 is 11.3 Å². The van der Waals surface area contributed by atoms with Gasteiger partial charge in [-0.2, -0.15) is 0 Å². The van der Waals surface area contributed by atoms with Crippen LogP contribution in [0.25, 0.3) is 0 Å². The molecule has 0 saturated heterocycles. The molecule has 0 aromatic carbocycles. The number of rotatable bonds is 6. The van der Waals surface area contributed by atoms with Crippen molar-refractivity contribution >= 4 is 11.3 Å². The summed E-state index contributed by atoms with van der Waals surface area (Å²) in [4.78, 5) is 5.03. The number of pyridine rings is 1. The number of hydrogen-bond acceptors (Lipinski definition) is 5. The molecule has 0 spiro atoms. The van der Waals surface area contributed by atoms with Crippen molar-refractivity contribution in [1.29, 1.82) is 0 Å². The minimum absolute atomic E-state index is 0.450. The Morgan fingerprint density at radius 1 is 1.50 bits per heavy atom. The molecular formula is C13H16N2O2S. The normalized spacial score (nSPS) is 12.3. The summed E-state index contributed by atoms with van der Waals surface area (Å²) in [5.41, 5.74) is 1.08. The summed E-state index contributed by atoms with van der Waals surface area (Å²) >= 11 is 1.56. The van der Waals surface area contributed by atoms with Gasteiger partial charge in [-0.3, -0.25) is 0 Å². The molecule has 18 heavy (non-hydrogen) atoms. The van der Waals surface area contributed by atoms with Crippen molar-refractivity contribution in [1.82, 2.24) is 10.3 Å². The first-order valence-corrected chi connectivity index (χ1v) is 6.58. The Bertz CT molecular complexity index is 474. The van der Waals surface area contributed by atoms with Gasteiger partial charge in [-0.1, -0.05) is 6.07 Å². The van der Waals surface area contributed by atoms with Crippen molar-refractivity contribution in [3.05, 3.63) is 46.3 Å². The molecular weight excluding hydrogens is 248 g/mol. The third kappa shape index (κ3) is 3.53. The Kier molecular flexibility index (Phi) is 4.69. The highest BCUT2D eigenvalue weighted by Crippen LogP contribution is 2.17. The molecule has 2 aromatic rings. The number of nitrogens with zero attached hydrogens (tertiary/aromatic N) is 1. The minimum Gasteiger partial charge on any atom is -0.481 e. The molecule has 2 aromatic heterocycles. The van der Waals surface area contributed by atoms with Crippen LogP contribution in [0.5, 0.6) is 5.88 Å². The summed E-state index contributed by atoms with van der Waals surface area (Å²) in [5.74, 6) is 0.605. The van der Waals surface area contributed by atoms with Gasteiger partial charge in [0.15, 0.2) is 0 Å². The van der Waals surface area contributed by atoms with Crippen molar-refractivity contribution in [3.63, 3.8) is 0 Å². The number of aromatic nitrogens is 1. The van der Waals surface area contributed by atoms with Crippen LogP contribution in [0.3, 0.4) is 0 Å². The first-order chi connectivity index (χ1) is 8.79. The van der Waals surface area contributed by atoms with Gasteiger partial charge in [0, 0.05) is 30.2 Å². The predicted molar refractivity (Wildman–Crippen MR) is 71.8 cm³/mol. The van der Waals surface area contributed by atoms with Crippen LogP contribution in [0.1, 0.15) is 16.5 Å². The number of hydrogen-bond donors (Lipinski definition) is 2. The summed E-state index contributed by atoms with van der Waals surface area (Å²) < 4.78 is 5.05. The molecule has 96 valence electrons. The molecule has 0 saturated carbocycles. The van der Waals surface area contributed by atoms with Crippen LogP contribution in [-0.2, 0) is 6.54 Å². The fraction of sp³-hybridized carbons (Fsp3) is 0.308. The average molecular weight is 264 g/mol. The standard InChI is InChI=1S/C13H16N2O2S/c1-17-13-7-10(4-5-15-13)8-14-9-11(16)12-3-2-6-18-12/h2-7,11,14,16H,8-9H2,1H3. The van der Waals surface area contributed by atoms with E-state index in [0.29, 0.717) is 19.0 Å². The number of ether oxygens (including phenoxy) is 1. The van der Waals surface area contributed by atoms with Crippen LogP contribution in [0, 0.1) is 0 Å². The van der Waals surface area contributed by atoms with Crippen LogP contribution < -0.4 is 10.1 Å². The maximum absolute atomic E-state index is 9.90. The molecule has 0 aliphatic carbocycles. The highest BCUT2D eigenvalue weighted by molar-refractivity contribution is 7.10. The second-order valence-electron chi connectivity index (χ2n) is 3.87. The maximum atomic E-state index is 9.90. The third-order valence-electron chi connectivity index (χ3n) is 2.55. The van der Waals surface area contributed by atoms with Crippen molar-refractivity contribution < 1.29 is 9.84 Å². The van der Waals surface area contributed by atoms with E-state index < -0.39 is 6.10 Å². The summed E-state index contributed by atoms with van der Waals surface area (Å²) in [5, 5.41) is 15.1. The Morgan fingerprint density at radius 2 is 2.39 bits per heavy atom. The molecule has 0 fully saturated rings. The number of aliphatic hydroxyl groups excluding tert-OH is 1. The SMILES string of the molecule is COc1cc(CNCC(O)c2cccs2)ccn1. The average Bonchev–Trinajstić information content (AvgIpc) is 2.93. The van der Waals surface area contributed by atoms with Crippen molar-refractivity contribution in [2.45, 2.75) is 12.6 Å². The number of aliphatic hydroxyl groups is 1. The number of nitrogens with one attached hydrogen (secondary N) is 1. The molecule has 5 heteroatoms. The van der Waals surface area contributed by atoms with Gasteiger partial charge < -0.3 is 15.2 Å². The van der Waals surface area contributed by atoms with Gasteiger partial charge in [-0.25, -0.2) is 4.98 Å². The smallest absolute Gasteiger partial charge is 0.213 e. The van der Waals surface area contributed by atoms with Crippen LogP contribution in [0.2, 0.25) is 0 Å². The van der Waals surface area contributed by atoms with E-state index >= 15 is 0 Å². The molecule has 2 rings (SSSR count). The molecule has 0 bridgehead atoms. The maximum Gasteiger partial charge on any atom is 0.213 e. The van der Waals surface area contributed by atoms with E-state index in [4.69, 9.17) is 4.74 Å². The molecule has 0 aliphatic rings. The Balaban J connectivity index is 1.81. The van der Waals surface area contributed by atoms with Crippen molar-refractivity contribution in [3.8, 4) is 5.88 Å². The predicted octanol–water partition coefficient (Wildman–Crippen LogP) is 1.97. The fourth-order valence-electron chi connectivity index (χ4n) is 1.61. The monoisotopic (exact) mass is 264 g/mol. The van der Waals surface area contributed by atoms with E-state index in [1.54, 1.807) is 24.6 Å². The summed E-state index contributed by atoms with van der Waals surface area (Å²) in [6.07, 6.45) is 1.26. The zero-order valence-corrected chi connectivity index (χ0v) is 11.0. The van der Waals surface area contributed by atoms with Crippen molar-refractivity contribution in [2.75, 3.05) is 13.7 Å². The van der Waals surface area contributed by atoms with Crippen molar-refractivity contribution in [2.24, 2.45) is 0 Å². The van der Waals surface area contributed by atoms with E-state index in [9.17, 15) is 5.11 Å². The van der Waals surface area contributed by atoms with E-state index in [1.807, 2.05) is 29.6 Å². The third-order valence-corrected chi connectivity index (χ3v) is 3.52. The molecule has 2 N–H and O–H groups in total. The lowest BCUT2D eigenvalue weighted by atomic mass is 10.2. The molecule has 2 heterocycles. The highest BCUT2D eigenvalue weighted by Gasteiger charge is 2.07. The van der Waals surface area contributed by atoms with Crippen LogP contribution in [0.15, 0.2) is 35.8 Å². The van der Waals surface area contributed by atoms with Gasteiger partial charge in [0.25, 0.3) is 0 Å². The zero-order chi connectivity index (χ0) is 12.8. The van der Waals surface area contributed by atoms with Gasteiger partial charge >= 0.3 is 0 Å². The minimum atomic E-state index is -0.450. The lowest BCUT2D eigenvalue weighted by Crippen LogP contribution is -2.20. The van der Waals surface area contributed by atoms with Gasteiger partial charge in [0.2, 0.25) is 5.88 Å². The Morgan fingerprint density at radius 3 is 3.11 bits per heavy atom. The van der Waals surface area contributed by atoms with Crippen LogP contribution in [-0.4, -0.2) is 23.7 Å². The van der Waals surface area contributed by atoms with Gasteiger partial charge in [-0.05, 0) is 23.1 Å². The second-order valence-corrected chi connectivity index (χ2v) is 4.85. The number of methoxy groups -OCH3 is 1. The molecule has 1 atom stereocenters. The van der Waals surface area contributed by atoms with E-state index in [1.165, 1.54) is 0 Å². The van der Waals surface area contributed by atoms with Gasteiger partial charge in [-0.15, -0.1) is 11.3 Å². The molecule has 1 unspecified atom stereocenters. The summed E-state index contributed by atoms with van der Waals surface area (Å²) in [7, 11) is 1.60. The molecule has 0 amide bonds. The van der Waals surface area contributed by atoms with E-state index in [2.05, 4.69) is 10.3 Å². The lowest BCUT2D eigenvalue weighted by Gasteiger charge is -2.10. The highest BCUT2D eigenvalue weighted by atomic mass is 32.1. The molecule has 0 radical (unpaired) electrons. The summed E-state index contributed by atoms with van der Waals surface area (Å²) in [6.45, 7) is 1.21. The largest absolute Gasteiger partial charge is 0.481 e. The van der Waals surface area contributed by atoms with E-state index in [-0.39, 0.29) is 0 Å². The second kappa shape index (κ2) is 6.49. The fourth-order valence-corrected chi connectivity index (χ4v) is 2.32.